The number of halogens is 1. The minimum Gasteiger partial charge on any atom is -0.393 e. The van der Waals surface area contributed by atoms with E-state index in [0.29, 0.717) is 6.04 Å². The average Bonchev–Trinajstić information content (AvgIpc) is 2.14. The zero-order chi connectivity index (χ0) is 5.98. The van der Waals surface area contributed by atoms with Gasteiger partial charge in [-0.25, -0.2) is 0 Å². The predicted molar refractivity (Wildman–Crippen MR) is 40.8 cm³/mol. The van der Waals surface area contributed by atoms with Gasteiger partial charge in [0.15, 0.2) is 0 Å². The molecule has 1 saturated carbocycles. The molecule has 1 aliphatic carbocycles. The van der Waals surface area contributed by atoms with Crippen LogP contribution in [-0.4, -0.2) is 17.3 Å². The smallest absolute Gasteiger partial charge is 0.0556 e. The van der Waals surface area contributed by atoms with Crippen molar-refractivity contribution in [3.63, 3.8) is 0 Å². The molecule has 8 heavy (non-hydrogen) atoms. The first-order valence-corrected chi connectivity index (χ1v) is 3.95. The Balaban J connectivity index is 2.22. The largest absolute Gasteiger partial charge is 0.393 e. The Kier molecular flexibility index (Phi) is 2.52. The molecule has 2 atom stereocenters. The van der Waals surface area contributed by atoms with Crippen LogP contribution in [0.25, 0.3) is 0 Å². The van der Waals surface area contributed by atoms with Gasteiger partial charge in [-0.05, 0) is 19.3 Å². The maximum Gasteiger partial charge on any atom is 0.0556 e. The van der Waals surface area contributed by atoms with Crippen LogP contribution >= 0.6 is 22.9 Å². The molecule has 0 heterocycles. The zero-order valence-corrected chi connectivity index (χ0v) is 6.76. The number of nitrogens with one attached hydrogen (secondary N) is 1. The van der Waals surface area contributed by atoms with Crippen molar-refractivity contribution < 1.29 is 5.11 Å². The van der Waals surface area contributed by atoms with Gasteiger partial charge in [0.05, 0.1) is 6.10 Å². The molecule has 0 spiro atoms. The molecule has 0 aromatic carbocycles. The van der Waals surface area contributed by atoms with Crippen LogP contribution in [0.15, 0.2) is 0 Å². The fraction of sp³-hybridized carbons (Fsp3) is 1.00. The van der Waals surface area contributed by atoms with Crippen molar-refractivity contribution in [3.8, 4) is 0 Å². The number of hydrogen-bond acceptors (Lipinski definition) is 2. The summed E-state index contributed by atoms with van der Waals surface area (Å²) in [5.74, 6) is 0. The molecule has 0 radical (unpaired) electrons. The standard InChI is InChI=1S/C5H10INO/c6-7-4-1-2-5(8)3-4/h4-5,7-8H,1-3H2/t4-,5+/m0/s1. The van der Waals surface area contributed by atoms with Gasteiger partial charge in [0, 0.05) is 28.9 Å². The van der Waals surface area contributed by atoms with Gasteiger partial charge in [0.1, 0.15) is 0 Å². The first-order chi connectivity index (χ1) is 3.83. The van der Waals surface area contributed by atoms with Crippen molar-refractivity contribution in [1.29, 1.82) is 0 Å². The Labute approximate surface area is 63.2 Å². The highest BCUT2D eigenvalue weighted by Gasteiger charge is 2.20. The molecule has 0 amide bonds. The van der Waals surface area contributed by atoms with E-state index in [1.54, 1.807) is 0 Å². The van der Waals surface area contributed by atoms with Gasteiger partial charge in [-0.1, -0.05) is 0 Å². The molecular weight excluding hydrogens is 217 g/mol. The van der Waals surface area contributed by atoms with E-state index in [-0.39, 0.29) is 6.10 Å². The predicted octanol–water partition coefficient (Wildman–Crippen LogP) is 0.839. The summed E-state index contributed by atoms with van der Waals surface area (Å²) in [6.07, 6.45) is 3.00. The lowest BCUT2D eigenvalue weighted by Crippen LogP contribution is -2.16. The molecule has 48 valence electrons. The Bertz CT molecular complexity index is 78.8. The second kappa shape index (κ2) is 2.98. The lowest BCUT2D eigenvalue weighted by Gasteiger charge is -2.02. The summed E-state index contributed by atoms with van der Waals surface area (Å²) in [5.41, 5.74) is 0. The van der Waals surface area contributed by atoms with Crippen LogP contribution in [0.4, 0.5) is 0 Å². The second-order valence-corrected chi connectivity index (χ2v) is 2.90. The van der Waals surface area contributed by atoms with Crippen LogP contribution in [0.3, 0.4) is 0 Å². The van der Waals surface area contributed by atoms with E-state index in [1.165, 1.54) is 0 Å². The third-order valence-corrected chi connectivity index (χ3v) is 2.44. The van der Waals surface area contributed by atoms with Crippen molar-refractivity contribution in [3.05, 3.63) is 0 Å². The number of aliphatic hydroxyl groups excluding tert-OH is 1. The third kappa shape index (κ3) is 1.56. The van der Waals surface area contributed by atoms with Gasteiger partial charge in [0.25, 0.3) is 0 Å². The topological polar surface area (TPSA) is 32.3 Å². The minimum absolute atomic E-state index is 0.0396. The van der Waals surface area contributed by atoms with Gasteiger partial charge >= 0.3 is 0 Å². The van der Waals surface area contributed by atoms with Gasteiger partial charge in [-0.2, -0.15) is 0 Å². The van der Waals surface area contributed by atoms with E-state index < -0.39 is 0 Å². The third-order valence-electron chi connectivity index (χ3n) is 1.56. The normalized spacial score (nSPS) is 38.2. The zero-order valence-electron chi connectivity index (χ0n) is 4.60. The fourth-order valence-electron chi connectivity index (χ4n) is 1.06. The molecule has 0 saturated heterocycles. The molecule has 1 aliphatic rings. The molecule has 0 bridgehead atoms. The summed E-state index contributed by atoms with van der Waals surface area (Å²) >= 11 is 2.14. The summed E-state index contributed by atoms with van der Waals surface area (Å²) < 4.78 is 3.10. The van der Waals surface area contributed by atoms with Crippen LogP contribution in [0.5, 0.6) is 0 Å². The quantitative estimate of drug-likeness (QED) is 0.514. The van der Waals surface area contributed by atoms with Gasteiger partial charge in [-0.15, -0.1) is 0 Å². The monoisotopic (exact) mass is 227 g/mol. The van der Waals surface area contributed by atoms with Crippen molar-refractivity contribution in [2.45, 2.75) is 31.4 Å². The Hall–Kier alpha value is 0.650. The first-order valence-electron chi connectivity index (χ1n) is 2.87. The lowest BCUT2D eigenvalue weighted by atomic mass is 10.3. The van der Waals surface area contributed by atoms with Crippen molar-refractivity contribution in [1.82, 2.24) is 3.53 Å². The molecular formula is C5H10INO. The molecule has 0 aliphatic heterocycles. The molecule has 2 nitrogen and oxygen atoms in total. The SMILES string of the molecule is O[C@@H]1CC[C@H](NI)C1. The summed E-state index contributed by atoms with van der Waals surface area (Å²) in [5, 5.41) is 8.99. The molecule has 0 aromatic heterocycles. The highest BCUT2D eigenvalue weighted by Crippen LogP contribution is 2.18. The summed E-state index contributed by atoms with van der Waals surface area (Å²) in [6.45, 7) is 0. The van der Waals surface area contributed by atoms with Crippen LogP contribution in [0.1, 0.15) is 19.3 Å². The lowest BCUT2D eigenvalue weighted by molar-refractivity contribution is 0.181. The van der Waals surface area contributed by atoms with Crippen LogP contribution in [-0.2, 0) is 0 Å². The number of aliphatic hydroxyl groups is 1. The maximum atomic E-state index is 8.99. The Morgan fingerprint density at radius 3 is 2.50 bits per heavy atom. The minimum atomic E-state index is -0.0396. The number of rotatable bonds is 1. The highest BCUT2D eigenvalue weighted by atomic mass is 127. The van der Waals surface area contributed by atoms with E-state index in [4.69, 9.17) is 5.11 Å². The van der Waals surface area contributed by atoms with E-state index in [0.717, 1.165) is 19.3 Å². The highest BCUT2D eigenvalue weighted by molar-refractivity contribution is 14.1. The van der Waals surface area contributed by atoms with Crippen molar-refractivity contribution >= 4 is 22.9 Å². The van der Waals surface area contributed by atoms with Crippen molar-refractivity contribution in [2.24, 2.45) is 0 Å². The van der Waals surface area contributed by atoms with Crippen LogP contribution in [0.2, 0.25) is 0 Å². The van der Waals surface area contributed by atoms with E-state index >= 15 is 0 Å². The molecule has 1 rings (SSSR count). The van der Waals surface area contributed by atoms with Gasteiger partial charge in [-0.3, -0.25) is 3.53 Å². The van der Waals surface area contributed by atoms with Crippen molar-refractivity contribution in [2.75, 3.05) is 0 Å². The first kappa shape index (κ1) is 6.77. The second-order valence-electron chi connectivity index (χ2n) is 2.27. The summed E-state index contributed by atoms with van der Waals surface area (Å²) in [7, 11) is 0. The van der Waals surface area contributed by atoms with E-state index in [9.17, 15) is 0 Å². The fourth-order valence-corrected chi connectivity index (χ4v) is 1.62. The average molecular weight is 227 g/mol. The van der Waals surface area contributed by atoms with Crippen LogP contribution in [0, 0.1) is 0 Å². The maximum absolute atomic E-state index is 8.99. The number of hydrogen-bond donors (Lipinski definition) is 2. The molecule has 0 aromatic rings. The molecule has 2 N–H and O–H groups in total. The Morgan fingerprint density at radius 1 is 1.50 bits per heavy atom. The van der Waals surface area contributed by atoms with Gasteiger partial charge < -0.3 is 5.11 Å². The molecule has 1 fully saturated rings. The van der Waals surface area contributed by atoms with Gasteiger partial charge in [0.2, 0.25) is 0 Å². The molecule has 3 heteroatoms. The summed E-state index contributed by atoms with van der Waals surface area (Å²) in [6, 6.07) is 0.561. The summed E-state index contributed by atoms with van der Waals surface area (Å²) in [4.78, 5) is 0. The van der Waals surface area contributed by atoms with E-state index in [2.05, 4.69) is 26.4 Å². The van der Waals surface area contributed by atoms with Crippen LogP contribution < -0.4 is 3.53 Å². The Morgan fingerprint density at radius 2 is 2.25 bits per heavy atom. The molecule has 0 unspecified atom stereocenters. The van der Waals surface area contributed by atoms with E-state index in [1.807, 2.05) is 0 Å².